The molecule has 5 heteroatoms. The Morgan fingerprint density at radius 3 is 2.48 bits per heavy atom. The number of carbonyl (C=O) groups is 2. The number of nitrogens with one attached hydrogen (secondary N) is 2. The van der Waals surface area contributed by atoms with Gasteiger partial charge in [0.25, 0.3) is 5.91 Å². The summed E-state index contributed by atoms with van der Waals surface area (Å²) >= 11 is 0. The van der Waals surface area contributed by atoms with E-state index in [-0.39, 0.29) is 24.4 Å². The molecular formula is C20H25N3O2. The largest absolute Gasteiger partial charge is 0.325 e. The maximum atomic E-state index is 12.6. The van der Waals surface area contributed by atoms with Crippen LogP contribution in [0.25, 0.3) is 0 Å². The first-order valence-corrected chi connectivity index (χ1v) is 8.47. The molecular weight excluding hydrogens is 314 g/mol. The zero-order chi connectivity index (χ0) is 18.2. The van der Waals surface area contributed by atoms with Gasteiger partial charge >= 0.3 is 0 Å². The molecule has 0 spiro atoms. The molecule has 2 amide bonds. The molecule has 25 heavy (non-hydrogen) atoms. The van der Waals surface area contributed by atoms with Crippen molar-refractivity contribution in [2.45, 2.75) is 26.3 Å². The highest BCUT2D eigenvalue weighted by Crippen LogP contribution is 2.17. The van der Waals surface area contributed by atoms with Crippen molar-refractivity contribution in [3.8, 4) is 0 Å². The number of hydrogen-bond acceptors (Lipinski definition) is 3. The van der Waals surface area contributed by atoms with Gasteiger partial charge in [0.1, 0.15) is 0 Å². The molecule has 2 rings (SSSR count). The van der Waals surface area contributed by atoms with Crippen LogP contribution in [0.5, 0.6) is 0 Å². The van der Waals surface area contributed by atoms with Crippen LogP contribution in [-0.2, 0) is 4.79 Å². The van der Waals surface area contributed by atoms with E-state index in [1.807, 2.05) is 37.3 Å². The monoisotopic (exact) mass is 339 g/mol. The van der Waals surface area contributed by atoms with E-state index < -0.39 is 0 Å². The van der Waals surface area contributed by atoms with Crippen LogP contribution in [0, 0.1) is 0 Å². The molecule has 0 aromatic heterocycles. The van der Waals surface area contributed by atoms with Gasteiger partial charge in [-0.05, 0) is 43.7 Å². The van der Waals surface area contributed by atoms with Crippen LogP contribution in [0.15, 0.2) is 54.6 Å². The third-order valence-electron chi connectivity index (χ3n) is 4.06. The fourth-order valence-electron chi connectivity index (χ4n) is 2.31. The van der Waals surface area contributed by atoms with Gasteiger partial charge in [-0.1, -0.05) is 31.2 Å². The Morgan fingerprint density at radius 2 is 1.80 bits per heavy atom. The molecule has 2 aromatic carbocycles. The predicted octanol–water partition coefficient (Wildman–Crippen LogP) is 3.29. The van der Waals surface area contributed by atoms with Crippen molar-refractivity contribution in [1.29, 1.82) is 0 Å². The fraction of sp³-hybridized carbons (Fsp3) is 0.300. The highest BCUT2D eigenvalue weighted by atomic mass is 16.2. The molecule has 1 atom stereocenters. The van der Waals surface area contributed by atoms with Crippen LogP contribution in [0.2, 0.25) is 0 Å². The number of amides is 2. The van der Waals surface area contributed by atoms with E-state index in [4.69, 9.17) is 0 Å². The van der Waals surface area contributed by atoms with E-state index in [1.54, 1.807) is 36.2 Å². The van der Waals surface area contributed by atoms with Crippen LogP contribution in [0.3, 0.4) is 0 Å². The molecule has 0 aliphatic heterocycles. The third kappa shape index (κ3) is 5.43. The Morgan fingerprint density at radius 1 is 1.08 bits per heavy atom. The molecule has 0 aliphatic rings. The Bertz CT molecular complexity index is 716. The standard InChI is InChI=1S/C20H25N3O2/c1-4-15(2)21-14-19(24)22-17-10-8-9-16(13-17)20(25)23(3)18-11-6-5-7-12-18/h5-13,15,21H,4,14H2,1-3H3,(H,22,24). The molecule has 0 bridgehead atoms. The van der Waals surface area contributed by atoms with Crippen molar-refractivity contribution in [2.24, 2.45) is 0 Å². The molecule has 2 N–H and O–H groups in total. The summed E-state index contributed by atoms with van der Waals surface area (Å²) in [6.45, 7) is 4.34. The first kappa shape index (κ1) is 18.7. The minimum absolute atomic E-state index is 0.124. The fourth-order valence-corrected chi connectivity index (χ4v) is 2.31. The van der Waals surface area contributed by atoms with Gasteiger partial charge in [0.05, 0.1) is 6.54 Å². The van der Waals surface area contributed by atoms with E-state index in [2.05, 4.69) is 17.6 Å². The van der Waals surface area contributed by atoms with Gasteiger partial charge in [-0.15, -0.1) is 0 Å². The lowest BCUT2D eigenvalue weighted by Crippen LogP contribution is -2.34. The Labute approximate surface area is 149 Å². The topological polar surface area (TPSA) is 61.4 Å². The van der Waals surface area contributed by atoms with Crippen LogP contribution in [0.4, 0.5) is 11.4 Å². The van der Waals surface area contributed by atoms with E-state index in [9.17, 15) is 9.59 Å². The summed E-state index contributed by atoms with van der Waals surface area (Å²) in [5.41, 5.74) is 1.96. The molecule has 0 saturated carbocycles. The average molecular weight is 339 g/mol. The number of carbonyl (C=O) groups excluding carboxylic acids is 2. The number of hydrogen-bond donors (Lipinski definition) is 2. The SMILES string of the molecule is CCC(C)NCC(=O)Nc1cccc(C(=O)N(C)c2ccccc2)c1. The second kappa shape index (κ2) is 8.99. The number of para-hydroxylation sites is 1. The van der Waals surface area contributed by atoms with Crippen molar-refractivity contribution in [2.75, 3.05) is 23.8 Å². The third-order valence-corrected chi connectivity index (χ3v) is 4.06. The first-order valence-electron chi connectivity index (χ1n) is 8.47. The zero-order valence-electron chi connectivity index (χ0n) is 15.0. The van der Waals surface area contributed by atoms with Crippen LogP contribution < -0.4 is 15.5 Å². The van der Waals surface area contributed by atoms with Crippen molar-refractivity contribution in [3.63, 3.8) is 0 Å². The van der Waals surface area contributed by atoms with Gasteiger partial charge in [0, 0.05) is 30.0 Å². The molecule has 5 nitrogen and oxygen atoms in total. The first-order chi connectivity index (χ1) is 12.0. The number of benzene rings is 2. The Kier molecular flexibility index (Phi) is 6.71. The summed E-state index contributed by atoms with van der Waals surface area (Å²) in [5.74, 6) is -0.249. The van der Waals surface area contributed by atoms with E-state index >= 15 is 0 Å². The summed E-state index contributed by atoms with van der Waals surface area (Å²) in [5, 5.41) is 5.97. The highest BCUT2D eigenvalue weighted by Gasteiger charge is 2.14. The van der Waals surface area contributed by atoms with E-state index in [1.165, 1.54) is 0 Å². The average Bonchev–Trinajstić information content (AvgIpc) is 2.65. The van der Waals surface area contributed by atoms with Crippen molar-refractivity contribution >= 4 is 23.2 Å². The predicted molar refractivity (Wildman–Crippen MR) is 102 cm³/mol. The molecule has 2 aromatic rings. The van der Waals surface area contributed by atoms with Gasteiger partial charge < -0.3 is 15.5 Å². The highest BCUT2D eigenvalue weighted by molar-refractivity contribution is 6.06. The van der Waals surface area contributed by atoms with Crippen molar-refractivity contribution in [3.05, 3.63) is 60.2 Å². The van der Waals surface area contributed by atoms with Crippen LogP contribution in [0.1, 0.15) is 30.6 Å². The van der Waals surface area contributed by atoms with Crippen LogP contribution in [-0.4, -0.2) is 31.4 Å². The van der Waals surface area contributed by atoms with Gasteiger partial charge in [0.15, 0.2) is 0 Å². The Balaban J connectivity index is 2.03. The van der Waals surface area contributed by atoms with E-state index in [0.717, 1.165) is 12.1 Å². The second-order valence-corrected chi connectivity index (χ2v) is 6.02. The number of anilines is 2. The quantitative estimate of drug-likeness (QED) is 0.814. The molecule has 0 fully saturated rings. The lowest BCUT2D eigenvalue weighted by atomic mass is 10.1. The number of rotatable bonds is 7. The molecule has 0 heterocycles. The van der Waals surface area contributed by atoms with Crippen molar-refractivity contribution < 1.29 is 9.59 Å². The maximum Gasteiger partial charge on any atom is 0.258 e. The molecule has 0 radical (unpaired) electrons. The van der Waals surface area contributed by atoms with Gasteiger partial charge in [-0.25, -0.2) is 0 Å². The van der Waals surface area contributed by atoms with Gasteiger partial charge in [-0.2, -0.15) is 0 Å². The minimum atomic E-state index is -0.125. The van der Waals surface area contributed by atoms with Crippen LogP contribution >= 0.6 is 0 Å². The lowest BCUT2D eigenvalue weighted by molar-refractivity contribution is -0.115. The second-order valence-electron chi connectivity index (χ2n) is 6.02. The van der Waals surface area contributed by atoms with Gasteiger partial charge in [0.2, 0.25) is 5.91 Å². The summed E-state index contributed by atoms with van der Waals surface area (Å²) in [7, 11) is 1.74. The zero-order valence-corrected chi connectivity index (χ0v) is 15.0. The summed E-state index contributed by atoms with van der Waals surface area (Å²) in [6, 6.07) is 16.7. The minimum Gasteiger partial charge on any atom is -0.325 e. The molecule has 1 unspecified atom stereocenters. The molecule has 0 saturated heterocycles. The number of nitrogens with zero attached hydrogens (tertiary/aromatic N) is 1. The molecule has 132 valence electrons. The summed E-state index contributed by atoms with van der Waals surface area (Å²) in [6.07, 6.45) is 0.961. The smallest absolute Gasteiger partial charge is 0.258 e. The molecule has 0 aliphatic carbocycles. The maximum absolute atomic E-state index is 12.6. The van der Waals surface area contributed by atoms with E-state index in [0.29, 0.717) is 11.3 Å². The van der Waals surface area contributed by atoms with Gasteiger partial charge in [-0.3, -0.25) is 9.59 Å². The lowest BCUT2D eigenvalue weighted by Gasteiger charge is -2.18. The normalized spacial score (nSPS) is 11.6. The summed E-state index contributed by atoms with van der Waals surface area (Å²) in [4.78, 5) is 26.2. The Hall–Kier alpha value is -2.66. The van der Waals surface area contributed by atoms with Crippen molar-refractivity contribution in [1.82, 2.24) is 5.32 Å². The summed E-state index contributed by atoms with van der Waals surface area (Å²) < 4.78 is 0.